The first-order valence-electron chi connectivity index (χ1n) is 6.23. The van der Waals surface area contributed by atoms with Crippen molar-refractivity contribution in [2.45, 2.75) is 25.8 Å². The second-order valence-electron chi connectivity index (χ2n) is 4.92. The Kier molecular flexibility index (Phi) is 5.55. The first-order chi connectivity index (χ1) is 8.30. The zero-order valence-corrected chi connectivity index (χ0v) is 12.2. The number of nitrogens with zero attached hydrogens (tertiary/aromatic N) is 2. The number of sulfonamides is 1. The SMILES string of the molecule is C[C@H](CNC(=O)CN(C)S(C)(=O)=O)N1CCCC1. The summed E-state index contributed by atoms with van der Waals surface area (Å²) in [4.78, 5) is 13.9. The molecule has 1 atom stereocenters. The standard InChI is InChI=1S/C11H23N3O3S/c1-10(14-6-4-5-7-14)8-12-11(15)9-13(2)18(3,16)17/h10H,4-9H2,1-3H3,(H,12,15)/t10-/m1/s1. The van der Waals surface area contributed by atoms with Crippen LogP contribution in [0.1, 0.15) is 19.8 Å². The van der Waals surface area contributed by atoms with E-state index in [-0.39, 0.29) is 12.5 Å². The van der Waals surface area contributed by atoms with Crippen LogP contribution in [-0.4, -0.2) is 69.1 Å². The third-order valence-electron chi connectivity index (χ3n) is 3.29. The molecule has 106 valence electrons. The Morgan fingerprint density at radius 2 is 1.94 bits per heavy atom. The minimum absolute atomic E-state index is 0.119. The van der Waals surface area contributed by atoms with Gasteiger partial charge in [0.15, 0.2) is 0 Å². The Morgan fingerprint density at radius 3 is 2.44 bits per heavy atom. The van der Waals surface area contributed by atoms with Crippen molar-refractivity contribution in [1.82, 2.24) is 14.5 Å². The maximum atomic E-state index is 11.6. The lowest BCUT2D eigenvalue weighted by molar-refractivity contribution is -0.121. The normalized spacial score (nSPS) is 19.1. The lowest BCUT2D eigenvalue weighted by Crippen LogP contribution is -2.44. The van der Waals surface area contributed by atoms with Gasteiger partial charge in [0.2, 0.25) is 15.9 Å². The minimum atomic E-state index is -3.29. The molecular weight excluding hydrogens is 254 g/mol. The largest absolute Gasteiger partial charge is 0.353 e. The van der Waals surface area contributed by atoms with Gasteiger partial charge in [0.25, 0.3) is 0 Å². The summed E-state index contributed by atoms with van der Waals surface area (Å²) in [6.07, 6.45) is 3.53. The lowest BCUT2D eigenvalue weighted by atomic mass is 10.3. The maximum Gasteiger partial charge on any atom is 0.235 e. The van der Waals surface area contributed by atoms with E-state index >= 15 is 0 Å². The summed E-state index contributed by atoms with van der Waals surface area (Å²) >= 11 is 0. The molecule has 1 heterocycles. The Labute approximate surface area is 109 Å². The second kappa shape index (κ2) is 6.49. The van der Waals surface area contributed by atoms with E-state index in [4.69, 9.17) is 0 Å². The first kappa shape index (κ1) is 15.4. The van der Waals surface area contributed by atoms with E-state index in [1.807, 2.05) is 0 Å². The molecule has 1 rings (SSSR count). The highest BCUT2D eigenvalue weighted by molar-refractivity contribution is 7.88. The summed E-state index contributed by atoms with van der Waals surface area (Å²) in [5.74, 6) is -0.256. The predicted octanol–water partition coefficient (Wildman–Crippen LogP) is -0.522. The van der Waals surface area contributed by atoms with E-state index in [2.05, 4.69) is 17.1 Å². The van der Waals surface area contributed by atoms with E-state index in [9.17, 15) is 13.2 Å². The Morgan fingerprint density at radius 1 is 1.39 bits per heavy atom. The number of likely N-dealkylation sites (N-methyl/N-ethyl adjacent to an activating group) is 1. The average Bonchev–Trinajstić information content (AvgIpc) is 2.77. The average molecular weight is 277 g/mol. The highest BCUT2D eigenvalue weighted by Crippen LogP contribution is 2.10. The van der Waals surface area contributed by atoms with Gasteiger partial charge in [-0.25, -0.2) is 8.42 Å². The van der Waals surface area contributed by atoms with Gasteiger partial charge in [0.1, 0.15) is 0 Å². The van der Waals surface area contributed by atoms with Gasteiger partial charge in [-0.05, 0) is 32.9 Å². The monoisotopic (exact) mass is 277 g/mol. The van der Waals surface area contributed by atoms with Crippen molar-refractivity contribution < 1.29 is 13.2 Å². The van der Waals surface area contributed by atoms with Crippen LogP contribution in [0.4, 0.5) is 0 Å². The van der Waals surface area contributed by atoms with Crippen LogP contribution in [0.3, 0.4) is 0 Å². The lowest BCUT2D eigenvalue weighted by Gasteiger charge is -2.24. The number of hydrogen-bond donors (Lipinski definition) is 1. The van der Waals surface area contributed by atoms with E-state index in [1.165, 1.54) is 19.9 Å². The van der Waals surface area contributed by atoms with Crippen LogP contribution in [0.25, 0.3) is 0 Å². The summed E-state index contributed by atoms with van der Waals surface area (Å²) in [5.41, 5.74) is 0. The number of rotatable bonds is 6. The van der Waals surface area contributed by atoms with E-state index in [0.717, 1.165) is 23.7 Å². The van der Waals surface area contributed by atoms with Crippen molar-refractivity contribution in [1.29, 1.82) is 0 Å². The molecule has 1 saturated heterocycles. The van der Waals surface area contributed by atoms with Crippen LogP contribution in [0, 0.1) is 0 Å². The summed E-state index contributed by atoms with van der Waals surface area (Å²) in [5, 5.41) is 2.78. The number of likely N-dealkylation sites (tertiary alicyclic amines) is 1. The van der Waals surface area contributed by atoms with E-state index in [0.29, 0.717) is 12.6 Å². The van der Waals surface area contributed by atoms with Crippen molar-refractivity contribution >= 4 is 15.9 Å². The molecule has 0 saturated carbocycles. The van der Waals surface area contributed by atoms with Crippen molar-refractivity contribution in [2.75, 3.05) is 39.5 Å². The van der Waals surface area contributed by atoms with Gasteiger partial charge >= 0.3 is 0 Å². The molecule has 6 nitrogen and oxygen atoms in total. The second-order valence-corrected chi connectivity index (χ2v) is 7.00. The highest BCUT2D eigenvalue weighted by atomic mass is 32.2. The molecule has 0 aromatic carbocycles. The summed E-state index contributed by atoms with van der Waals surface area (Å²) in [6, 6.07) is 0.306. The number of hydrogen-bond acceptors (Lipinski definition) is 4. The maximum absolute atomic E-state index is 11.6. The molecule has 1 N–H and O–H groups in total. The molecule has 0 spiro atoms. The molecule has 1 amide bonds. The third-order valence-corrected chi connectivity index (χ3v) is 4.55. The number of amides is 1. The summed E-state index contributed by atoms with van der Waals surface area (Å²) in [6.45, 7) is 4.69. The fourth-order valence-corrected chi connectivity index (χ4v) is 2.30. The summed E-state index contributed by atoms with van der Waals surface area (Å²) < 4.78 is 23.3. The van der Waals surface area contributed by atoms with Gasteiger partial charge in [-0.15, -0.1) is 0 Å². The molecule has 0 unspecified atom stereocenters. The van der Waals surface area contributed by atoms with E-state index in [1.54, 1.807) is 0 Å². The van der Waals surface area contributed by atoms with Gasteiger partial charge in [-0.2, -0.15) is 4.31 Å². The minimum Gasteiger partial charge on any atom is -0.353 e. The smallest absolute Gasteiger partial charge is 0.235 e. The third kappa shape index (κ3) is 4.91. The molecule has 0 aliphatic carbocycles. The fraction of sp³-hybridized carbons (Fsp3) is 0.909. The van der Waals surface area contributed by atoms with Crippen molar-refractivity contribution in [3.8, 4) is 0 Å². The molecular formula is C11H23N3O3S. The first-order valence-corrected chi connectivity index (χ1v) is 8.07. The van der Waals surface area contributed by atoms with Gasteiger partial charge in [-0.3, -0.25) is 9.69 Å². The fourth-order valence-electron chi connectivity index (χ4n) is 1.95. The zero-order valence-electron chi connectivity index (χ0n) is 11.3. The van der Waals surface area contributed by atoms with E-state index < -0.39 is 10.0 Å². The number of carbonyl (C=O) groups excluding carboxylic acids is 1. The quantitative estimate of drug-likeness (QED) is 0.709. The molecule has 0 radical (unpaired) electrons. The van der Waals surface area contributed by atoms with Crippen LogP contribution in [0.15, 0.2) is 0 Å². The van der Waals surface area contributed by atoms with Crippen molar-refractivity contribution in [3.63, 3.8) is 0 Å². The Hall–Kier alpha value is -0.660. The van der Waals surface area contributed by atoms with Crippen LogP contribution < -0.4 is 5.32 Å². The van der Waals surface area contributed by atoms with Gasteiger partial charge in [0.05, 0.1) is 12.8 Å². The van der Waals surface area contributed by atoms with Gasteiger partial charge in [0, 0.05) is 19.6 Å². The van der Waals surface area contributed by atoms with Gasteiger partial charge in [-0.1, -0.05) is 0 Å². The molecule has 7 heteroatoms. The molecule has 1 aliphatic heterocycles. The van der Waals surface area contributed by atoms with Crippen molar-refractivity contribution in [3.05, 3.63) is 0 Å². The molecule has 0 bridgehead atoms. The Bertz CT molecular complexity index is 377. The van der Waals surface area contributed by atoms with Crippen LogP contribution >= 0.6 is 0 Å². The molecule has 1 fully saturated rings. The summed E-state index contributed by atoms with van der Waals surface area (Å²) in [7, 11) is -1.89. The van der Waals surface area contributed by atoms with Crippen LogP contribution in [-0.2, 0) is 14.8 Å². The van der Waals surface area contributed by atoms with Crippen molar-refractivity contribution in [2.24, 2.45) is 0 Å². The Balaban J connectivity index is 2.28. The number of carbonyl (C=O) groups is 1. The van der Waals surface area contributed by atoms with Crippen LogP contribution in [0.2, 0.25) is 0 Å². The molecule has 18 heavy (non-hydrogen) atoms. The predicted molar refractivity (Wildman–Crippen MR) is 70.8 cm³/mol. The molecule has 1 aliphatic rings. The topological polar surface area (TPSA) is 69.7 Å². The highest BCUT2D eigenvalue weighted by Gasteiger charge is 2.19. The molecule has 0 aromatic rings. The molecule has 0 aromatic heterocycles. The number of nitrogens with one attached hydrogen (secondary N) is 1. The zero-order chi connectivity index (χ0) is 13.8. The van der Waals surface area contributed by atoms with Gasteiger partial charge < -0.3 is 5.32 Å². The van der Waals surface area contributed by atoms with Crippen LogP contribution in [0.5, 0.6) is 0 Å².